The first kappa shape index (κ1) is 30.0. The zero-order valence-electron chi connectivity index (χ0n) is 21.0. The largest absolute Gasteiger partial charge is 0.490 e. The summed E-state index contributed by atoms with van der Waals surface area (Å²) in [4.78, 5) is 17.8. The van der Waals surface area contributed by atoms with Crippen molar-refractivity contribution in [1.82, 2.24) is 14.7 Å². The summed E-state index contributed by atoms with van der Waals surface area (Å²) in [6, 6.07) is 13.3. The molecule has 1 aliphatic rings. The fraction of sp³-hybridized carbons (Fsp3) is 0.400. The number of aromatic nitrogens is 2. The molecule has 212 valence electrons. The van der Waals surface area contributed by atoms with Gasteiger partial charge in [0.1, 0.15) is 16.5 Å². The van der Waals surface area contributed by atoms with Gasteiger partial charge in [-0.2, -0.15) is 18.2 Å². The van der Waals surface area contributed by atoms with E-state index in [4.69, 9.17) is 9.90 Å². The Morgan fingerprint density at radius 2 is 1.54 bits per heavy atom. The van der Waals surface area contributed by atoms with Crippen molar-refractivity contribution in [3.63, 3.8) is 0 Å². The zero-order valence-corrected chi connectivity index (χ0v) is 21.8. The van der Waals surface area contributed by atoms with Crippen LogP contribution in [-0.2, 0) is 14.8 Å². The number of fused-ring (bicyclic) bond motifs is 1. The molecule has 0 unspecified atom stereocenters. The predicted molar refractivity (Wildman–Crippen MR) is 138 cm³/mol. The molecule has 0 radical (unpaired) electrons. The molecule has 1 fully saturated rings. The van der Waals surface area contributed by atoms with Crippen LogP contribution in [0.4, 0.5) is 29.3 Å². The van der Waals surface area contributed by atoms with Crippen LogP contribution in [0.2, 0.25) is 0 Å². The van der Waals surface area contributed by atoms with Gasteiger partial charge in [0.2, 0.25) is 16.0 Å². The summed E-state index contributed by atoms with van der Waals surface area (Å²) in [5.41, 5.74) is 0.889. The van der Waals surface area contributed by atoms with E-state index < -0.39 is 28.0 Å². The molecular weight excluding hydrogens is 542 g/mol. The van der Waals surface area contributed by atoms with E-state index in [9.17, 15) is 26.0 Å². The normalized spacial score (nSPS) is 17.7. The Hall–Kier alpha value is -3.52. The third-order valence-electron chi connectivity index (χ3n) is 6.29. The summed E-state index contributed by atoms with van der Waals surface area (Å²) in [5, 5.41) is 14.6. The summed E-state index contributed by atoms with van der Waals surface area (Å²) >= 11 is 0. The number of aliphatic carboxylic acids is 1. The van der Waals surface area contributed by atoms with Crippen molar-refractivity contribution in [1.29, 1.82) is 0 Å². The molecule has 4 N–H and O–H groups in total. The number of halogens is 4. The van der Waals surface area contributed by atoms with Crippen LogP contribution in [0.1, 0.15) is 25.7 Å². The van der Waals surface area contributed by atoms with Crippen molar-refractivity contribution in [3.8, 4) is 0 Å². The van der Waals surface area contributed by atoms with Gasteiger partial charge in [-0.1, -0.05) is 24.3 Å². The SMILES string of the molecule is CNc1nc(NCC2CCC(CNS(=O)(=O)c3ccccc3F)CC2)nc2ccccc12.O=C(O)C(F)(F)F. The Labute approximate surface area is 223 Å². The third-order valence-corrected chi connectivity index (χ3v) is 7.74. The van der Waals surface area contributed by atoms with Crippen LogP contribution in [0.5, 0.6) is 0 Å². The maximum atomic E-state index is 13.8. The van der Waals surface area contributed by atoms with Crippen molar-refractivity contribution < 1.29 is 35.9 Å². The Morgan fingerprint density at radius 3 is 2.13 bits per heavy atom. The van der Waals surface area contributed by atoms with Gasteiger partial charge in [0.25, 0.3) is 0 Å². The number of nitrogens with one attached hydrogen (secondary N) is 3. The van der Waals surface area contributed by atoms with E-state index in [0.717, 1.165) is 55.0 Å². The quantitative estimate of drug-likeness (QED) is 0.288. The molecule has 0 saturated heterocycles. The number of rotatable bonds is 8. The summed E-state index contributed by atoms with van der Waals surface area (Å²) in [6.07, 6.45) is -1.25. The molecule has 3 aromatic rings. The molecule has 0 bridgehead atoms. The molecule has 9 nitrogen and oxygen atoms in total. The van der Waals surface area contributed by atoms with Gasteiger partial charge in [-0.25, -0.2) is 27.3 Å². The Bertz CT molecular complexity index is 1380. The van der Waals surface area contributed by atoms with Crippen LogP contribution >= 0.6 is 0 Å². The number of hydrogen-bond acceptors (Lipinski definition) is 7. The summed E-state index contributed by atoms with van der Waals surface area (Å²) < 4.78 is 72.9. The van der Waals surface area contributed by atoms with E-state index in [1.54, 1.807) is 0 Å². The minimum absolute atomic E-state index is 0.251. The van der Waals surface area contributed by atoms with Crippen LogP contribution in [-0.4, -0.2) is 55.8 Å². The van der Waals surface area contributed by atoms with Crippen LogP contribution in [0.3, 0.4) is 0 Å². The van der Waals surface area contributed by atoms with Crippen LogP contribution in [0.15, 0.2) is 53.4 Å². The summed E-state index contributed by atoms with van der Waals surface area (Å²) in [5.74, 6) is -1.36. The van der Waals surface area contributed by atoms with Crippen molar-refractivity contribution in [2.75, 3.05) is 30.8 Å². The molecule has 1 aliphatic carbocycles. The molecular formula is C25H29F4N5O4S. The lowest BCUT2D eigenvalue weighted by Gasteiger charge is -2.28. The fourth-order valence-electron chi connectivity index (χ4n) is 4.19. The number of anilines is 2. The molecule has 4 rings (SSSR count). The highest BCUT2D eigenvalue weighted by atomic mass is 32.2. The van der Waals surface area contributed by atoms with E-state index in [0.29, 0.717) is 18.4 Å². The highest BCUT2D eigenvalue weighted by Crippen LogP contribution is 2.29. The monoisotopic (exact) mass is 571 g/mol. The van der Waals surface area contributed by atoms with Crippen LogP contribution in [0.25, 0.3) is 10.9 Å². The first-order valence-electron chi connectivity index (χ1n) is 12.1. The van der Waals surface area contributed by atoms with Gasteiger partial charge in [-0.15, -0.1) is 0 Å². The van der Waals surface area contributed by atoms with E-state index >= 15 is 0 Å². The maximum Gasteiger partial charge on any atom is 0.490 e. The molecule has 14 heteroatoms. The van der Waals surface area contributed by atoms with Gasteiger partial charge in [-0.05, 0) is 61.8 Å². The highest BCUT2D eigenvalue weighted by molar-refractivity contribution is 7.89. The standard InChI is InChI=1S/C23H28FN5O2S.C2HF3O2/c1-25-22-18-6-2-4-8-20(18)28-23(29-22)26-14-16-10-12-17(13-11-16)15-27-32(30,31)21-9-5-3-7-19(21)24;3-2(4,5)1(6)7/h2-9,16-17,27H,10-15H2,1H3,(H2,25,26,28,29);(H,6,7). The maximum absolute atomic E-state index is 13.8. The molecule has 39 heavy (non-hydrogen) atoms. The van der Waals surface area contributed by atoms with Gasteiger partial charge in [0.15, 0.2) is 0 Å². The first-order valence-corrected chi connectivity index (χ1v) is 13.6. The van der Waals surface area contributed by atoms with Gasteiger partial charge in [0, 0.05) is 25.5 Å². The number of carboxylic acid groups (broad SMARTS) is 1. The highest BCUT2D eigenvalue weighted by Gasteiger charge is 2.38. The molecule has 1 aromatic heterocycles. The van der Waals surface area contributed by atoms with Crippen LogP contribution < -0.4 is 15.4 Å². The van der Waals surface area contributed by atoms with Gasteiger partial charge in [0.05, 0.1) is 5.52 Å². The van der Waals surface area contributed by atoms with Gasteiger partial charge >= 0.3 is 12.1 Å². The summed E-state index contributed by atoms with van der Waals surface area (Å²) in [7, 11) is -1.99. The number of alkyl halides is 3. The number of hydrogen-bond donors (Lipinski definition) is 4. The molecule has 0 aliphatic heterocycles. The lowest BCUT2D eigenvalue weighted by atomic mass is 9.82. The number of carbonyl (C=O) groups is 1. The lowest BCUT2D eigenvalue weighted by Crippen LogP contribution is -2.32. The number of nitrogens with zero attached hydrogens (tertiary/aromatic N) is 2. The van der Waals surface area contributed by atoms with Crippen molar-refractivity contribution >= 4 is 38.7 Å². The Kier molecular flexibility index (Phi) is 10.0. The molecule has 1 heterocycles. The second-order valence-corrected chi connectivity index (χ2v) is 10.8. The fourth-order valence-corrected chi connectivity index (χ4v) is 5.38. The average molecular weight is 572 g/mol. The van der Waals surface area contributed by atoms with E-state index in [-0.39, 0.29) is 10.8 Å². The zero-order chi connectivity index (χ0) is 28.6. The number of carboxylic acids is 1. The van der Waals surface area contributed by atoms with Gasteiger partial charge in [-0.3, -0.25) is 0 Å². The van der Waals surface area contributed by atoms with E-state index in [1.165, 1.54) is 18.2 Å². The smallest absolute Gasteiger partial charge is 0.475 e. The molecule has 0 atom stereocenters. The van der Waals surface area contributed by atoms with Crippen molar-refractivity contribution in [2.24, 2.45) is 11.8 Å². The molecule has 0 amide bonds. The number of benzene rings is 2. The average Bonchev–Trinajstić information content (AvgIpc) is 2.91. The van der Waals surface area contributed by atoms with Gasteiger partial charge < -0.3 is 15.7 Å². The van der Waals surface area contributed by atoms with Crippen molar-refractivity contribution in [3.05, 3.63) is 54.3 Å². The summed E-state index contributed by atoms with van der Waals surface area (Å²) in [6.45, 7) is 1.10. The second-order valence-electron chi connectivity index (χ2n) is 9.02. The number of para-hydroxylation sites is 1. The predicted octanol–water partition coefficient (Wildman–Crippen LogP) is 4.64. The second kappa shape index (κ2) is 13.0. The first-order chi connectivity index (χ1) is 18.4. The van der Waals surface area contributed by atoms with Crippen molar-refractivity contribution in [2.45, 2.75) is 36.8 Å². The Balaban J connectivity index is 0.000000532. The third kappa shape index (κ3) is 8.48. The van der Waals surface area contributed by atoms with E-state index in [1.807, 2.05) is 31.3 Å². The Morgan fingerprint density at radius 1 is 0.974 bits per heavy atom. The number of sulfonamides is 1. The van der Waals surface area contributed by atoms with E-state index in [2.05, 4.69) is 25.3 Å². The lowest BCUT2D eigenvalue weighted by molar-refractivity contribution is -0.192. The molecule has 1 saturated carbocycles. The molecule has 0 spiro atoms. The minimum Gasteiger partial charge on any atom is -0.475 e. The topological polar surface area (TPSA) is 133 Å². The minimum atomic E-state index is -5.08. The van der Waals surface area contributed by atoms with Crippen LogP contribution in [0, 0.1) is 17.7 Å². The molecule has 2 aromatic carbocycles.